The van der Waals surface area contributed by atoms with Crippen LogP contribution in [0.4, 0.5) is 5.69 Å². The molecule has 1 atom stereocenters. The summed E-state index contributed by atoms with van der Waals surface area (Å²) in [6.07, 6.45) is 2.88. The van der Waals surface area contributed by atoms with Crippen molar-refractivity contribution in [3.8, 4) is 0 Å². The number of hydrogen-bond donors (Lipinski definition) is 3. The fourth-order valence-electron chi connectivity index (χ4n) is 1.72. The van der Waals surface area contributed by atoms with Gasteiger partial charge in [0.25, 0.3) is 0 Å². The number of unbranched alkanes of at least 4 members (excludes halogenated alkanes) is 1. The predicted molar refractivity (Wildman–Crippen MR) is 73.6 cm³/mol. The minimum atomic E-state index is -3.53. The number of hydrazine groups is 1. The highest BCUT2D eigenvalue weighted by atomic mass is 32.2. The van der Waals surface area contributed by atoms with Crippen molar-refractivity contribution in [1.82, 2.24) is 4.72 Å². The fraction of sp³-hybridized carbons (Fsp3) is 0.500. The minimum Gasteiger partial charge on any atom is -0.323 e. The van der Waals surface area contributed by atoms with Crippen molar-refractivity contribution in [2.24, 2.45) is 5.84 Å². The summed E-state index contributed by atoms with van der Waals surface area (Å²) in [4.78, 5) is 0.177. The summed E-state index contributed by atoms with van der Waals surface area (Å²) >= 11 is 0. The molecule has 18 heavy (non-hydrogen) atoms. The molecule has 0 aliphatic heterocycles. The van der Waals surface area contributed by atoms with Gasteiger partial charge in [0.2, 0.25) is 10.0 Å². The summed E-state index contributed by atoms with van der Waals surface area (Å²) in [5.41, 5.74) is 2.79. The Morgan fingerprint density at radius 1 is 1.33 bits per heavy atom. The molecule has 0 bridgehead atoms. The SMILES string of the molecule is CCCCC(C)NS(=O)(=O)c1ccccc1NN. The van der Waals surface area contributed by atoms with E-state index in [1.807, 2.05) is 6.92 Å². The van der Waals surface area contributed by atoms with Crippen LogP contribution in [0.5, 0.6) is 0 Å². The number of hydrogen-bond acceptors (Lipinski definition) is 4. The zero-order valence-electron chi connectivity index (χ0n) is 10.8. The summed E-state index contributed by atoms with van der Waals surface area (Å²) < 4.78 is 27.0. The molecular formula is C12H21N3O2S. The van der Waals surface area contributed by atoms with Crippen LogP contribution in [0.1, 0.15) is 33.1 Å². The van der Waals surface area contributed by atoms with Crippen molar-refractivity contribution in [2.45, 2.75) is 44.0 Å². The standard InChI is InChI=1S/C12H21N3O2S/c1-3-4-7-10(2)15-18(16,17)12-9-6-5-8-11(12)14-13/h5-6,8-10,14-15H,3-4,7,13H2,1-2H3. The maximum Gasteiger partial charge on any atom is 0.242 e. The maximum absolute atomic E-state index is 12.2. The molecule has 6 heteroatoms. The number of nitrogens with one attached hydrogen (secondary N) is 2. The van der Waals surface area contributed by atoms with E-state index in [-0.39, 0.29) is 10.9 Å². The van der Waals surface area contributed by atoms with Crippen LogP contribution in [0, 0.1) is 0 Å². The van der Waals surface area contributed by atoms with E-state index in [9.17, 15) is 8.42 Å². The smallest absolute Gasteiger partial charge is 0.242 e. The molecular weight excluding hydrogens is 250 g/mol. The van der Waals surface area contributed by atoms with Crippen LogP contribution in [0.25, 0.3) is 0 Å². The van der Waals surface area contributed by atoms with Crippen LogP contribution in [-0.2, 0) is 10.0 Å². The number of benzene rings is 1. The lowest BCUT2D eigenvalue weighted by atomic mass is 10.2. The number of rotatable bonds is 7. The van der Waals surface area contributed by atoms with Gasteiger partial charge in [-0.1, -0.05) is 31.9 Å². The molecule has 0 fully saturated rings. The topological polar surface area (TPSA) is 84.2 Å². The molecule has 0 saturated carbocycles. The van der Waals surface area contributed by atoms with Gasteiger partial charge in [0.05, 0.1) is 5.69 Å². The average Bonchev–Trinajstić information content (AvgIpc) is 2.35. The predicted octanol–water partition coefficient (Wildman–Crippen LogP) is 1.83. The summed E-state index contributed by atoms with van der Waals surface area (Å²) in [7, 11) is -3.53. The third-order valence-electron chi connectivity index (χ3n) is 2.68. The second-order valence-corrected chi connectivity index (χ2v) is 5.99. The first kappa shape index (κ1) is 14.9. The Morgan fingerprint density at radius 2 is 2.00 bits per heavy atom. The zero-order chi connectivity index (χ0) is 13.6. The third kappa shape index (κ3) is 3.97. The highest BCUT2D eigenvalue weighted by Gasteiger charge is 2.19. The maximum atomic E-state index is 12.2. The van der Waals surface area contributed by atoms with Gasteiger partial charge in [-0.25, -0.2) is 13.1 Å². The van der Waals surface area contributed by atoms with E-state index in [1.54, 1.807) is 18.2 Å². The summed E-state index contributed by atoms with van der Waals surface area (Å²) in [6.45, 7) is 3.95. The third-order valence-corrected chi connectivity index (χ3v) is 4.33. The van der Waals surface area contributed by atoms with Gasteiger partial charge in [-0.05, 0) is 25.5 Å². The fourth-order valence-corrected chi connectivity index (χ4v) is 3.17. The molecule has 0 amide bonds. The van der Waals surface area contributed by atoms with E-state index >= 15 is 0 Å². The highest BCUT2D eigenvalue weighted by molar-refractivity contribution is 7.89. The number of nitrogen functional groups attached to an aromatic ring is 1. The monoisotopic (exact) mass is 271 g/mol. The Bertz CT molecular complexity index is 474. The summed E-state index contributed by atoms with van der Waals surface area (Å²) in [6, 6.07) is 6.48. The van der Waals surface area contributed by atoms with Crippen molar-refractivity contribution in [3.63, 3.8) is 0 Å². The molecule has 0 radical (unpaired) electrons. The van der Waals surface area contributed by atoms with E-state index in [0.717, 1.165) is 19.3 Å². The van der Waals surface area contributed by atoms with Gasteiger partial charge in [0, 0.05) is 6.04 Å². The summed E-state index contributed by atoms with van der Waals surface area (Å²) in [5.74, 6) is 5.32. The molecule has 0 aliphatic carbocycles. The lowest BCUT2D eigenvalue weighted by Gasteiger charge is -2.15. The first-order chi connectivity index (χ1) is 8.51. The lowest BCUT2D eigenvalue weighted by molar-refractivity contribution is 0.534. The van der Waals surface area contributed by atoms with Crippen molar-refractivity contribution >= 4 is 15.7 Å². The Kier molecular flexibility index (Phi) is 5.58. The molecule has 1 aromatic rings. The number of sulfonamides is 1. The molecule has 1 unspecified atom stereocenters. The first-order valence-electron chi connectivity index (χ1n) is 6.09. The molecule has 0 heterocycles. The molecule has 1 rings (SSSR count). The first-order valence-corrected chi connectivity index (χ1v) is 7.57. The van der Waals surface area contributed by atoms with Crippen molar-refractivity contribution in [3.05, 3.63) is 24.3 Å². The quantitative estimate of drug-likeness (QED) is 0.522. The van der Waals surface area contributed by atoms with E-state index < -0.39 is 10.0 Å². The van der Waals surface area contributed by atoms with E-state index in [0.29, 0.717) is 5.69 Å². The van der Waals surface area contributed by atoms with Crippen molar-refractivity contribution in [2.75, 3.05) is 5.43 Å². The van der Waals surface area contributed by atoms with Gasteiger partial charge in [-0.15, -0.1) is 0 Å². The minimum absolute atomic E-state index is 0.0826. The normalized spacial score (nSPS) is 13.3. The molecule has 0 spiro atoms. The Hall–Kier alpha value is -1.11. The van der Waals surface area contributed by atoms with Crippen LogP contribution >= 0.6 is 0 Å². The number of nitrogens with two attached hydrogens (primary N) is 1. The molecule has 5 nitrogen and oxygen atoms in total. The molecule has 0 saturated heterocycles. The Labute approximate surface area is 109 Å². The summed E-state index contributed by atoms with van der Waals surface area (Å²) in [5, 5.41) is 0. The number of anilines is 1. The van der Waals surface area contributed by atoms with Crippen LogP contribution in [0.15, 0.2) is 29.2 Å². The highest BCUT2D eigenvalue weighted by Crippen LogP contribution is 2.20. The van der Waals surface area contributed by atoms with Gasteiger partial charge in [0.1, 0.15) is 4.90 Å². The zero-order valence-corrected chi connectivity index (χ0v) is 11.6. The van der Waals surface area contributed by atoms with E-state index in [4.69, 9.17) is 5.84 Å². The lowest BCUT2D eigenvalue weighted by Crippen LogP contribution is -2.33. The molecule has 102 valence electrons. The van der Waals surface area contributed by atoms with E-state index in [1.165, 1.54) is 6.07 Å². The van der Waals surface area contributed by atoms with Crippen LogP contribution in [0.3, 0.4) is 0 Å². The van der Waals surface area contributed by atoms with Gasteiger partial charge in [-0.3, -0.25) is 5.84 Å². The molecule has 0 aromatic heterocycles. The molecule has 4 N–H and O–H groups in total. The van der Waals surface area contributed by atoms with Gasteiger partial charge in [-0.2, -0.15) is 0 Å². The number of para-hydroxylation sites is 1. The van der Waals surface area contributed by atoms with E-state index in [2.05, 4.69) is 17.1 Å². The van der Waals surface area contributed by atoms with Gasteiger partial charge < -0.3 is 5.43 Å². The van der Waals surface area contributed by atoms with Gasteiger partial charge in [0.15, 0.2) is 0 Å². The van der Waals surface area contributed by atoms with Gasteiger partial charge >= 0.3 is 0 Å². The second-order valence-electron chi connectivity index (χ2n) is 4.31. The Morgan fingerprint density at radius 3 is 2.61 bits per heavy atom. The van der Waals surface area contributed by atoms with Crippen LogP contribution in [0.2, 0.25) is 0 Å². The van der Waals surface area contributed by atoms with Crippen molar-refractivity contribution < 1.29 is 8.42 Å². The average molecular weight is 271 g/mol. The molecule has 1 aromatic carbocycles. The van der Waals surface area contributed by atoms with Crippen LogP contribution in [-0.4, -0.2) is 14.5 Å². The Balaban J connectivity index is 2.86. The van der Waals surface area contributed by atoms with Crippen LogP contribution < -0.4 is 16.0 Å². The van der Waals surface area contributed by atoms with Crippen molar-refractivity contribution in [1.29, 1.82) is 0 Å². The molecule has 0 aliphatic rings. The largest absolute Gasteiger partial charge is 0.323 e. The second kappa shape index (κ2) is 6.72.